The normalized spacial score (nSPS) is 14.5. The molecule has 15 rings (SSSR count). The molecule has 19 nitrogen and oxygen atoms in total. The summed E-state index contributed by atoms with van der Waals surface area (Å²) >= 11 is 23.6. The number of hydrogen-bond acceptors (Lipinski definition) is 13. The first-order chi connectivity index (χ1) is 59.0. The Kier molecular flexibility index (Phi) is 27.4. The van der Waals surface area contributed by atoms with Gasteiger partial charge in [0.2, 0.25) is 30.1 Å². The number of phosphoric ester groups is 1. The van der Waals surface area contributed by atoms with Crippen LogP contribution in [0, 0.1) is 0 Å². The number of anilines is 3. The number of nitrogens with zero attached hydrogens (tertiary/aromatic N) is 3. The van der Waals surface area contributed by atoms with Gasteiger partial charge < -0.3 is 29.5 Å². The van der Waals surface area contributed by atoms with Crippen LogP contribution in [0.2, 0.25) is 15.1 Å². The summed E-state index contributed by atoms with van der Waals surface area (Å²) in [4.78, 5) is 47.0. The van der Waals surface area contributed by atoms with Crippen LogP contribution in [0.5, 0.6) is 17.2 Å². The van der Waals surface area contributed by atoms with E-state index >= 15 is 18.9 Å². The van der Waals surface area contributed by atoms with E-state index in [9.17, 15) is 25.3 Å². The van der Waals surface area contributed by atoms with E-state index in [2.05, 4.69) is 16.0 Å². The van der Waals surface area contributed by atoms with Crippen LogP contribution in [0.4, 0.5) is 17.1 Å². The van der Waals surface area contributed by atoms with Crippen LogP contribution in [-0.2, 0) is 73.2 Å². The number of nitrogens with one attached hydrogen (secondary N) is 3. The maximum absolute atomic E-state index is 18.5. The molecule has 0 unspecified atom stereocenters. The third-order valence-corrected chi connectivity index (χ3v) is 30.4. The van der Waals surface area contributed by atoms with Crippen molar-refractivity contribution < 1.29 is 57.8 Å². The molecule has 0 bridgehead atoms. The van der Waals surface area contributed by atoms with Gasteiger partial charge in [-0.1, -0.05) is 254 Å². The van der Waals surface area contributed by atoms with Gasteiger partial charge in [-0.25, -0.2) is 25.3 Å². The number of sulfonamides is 3. The Hall–Kier alpha value is -10.7. The van der Waals surface area contributed by atoms with Crippen LogP contribution < -0.4 is 29.5 Å². The van der Waals surface area contributed by atoms with E-state index in [4.69, 9.17) is 48.4 Å². The van der Waals surface area contributed by atoms with Crippen LogP contribution >= 0.6 is 42.6 Å². The zero-order chi connectivity index (χ0) is 85.0. The molecule has 3 aliphatic rings. The third-order valence-electron chi connectivity index (χ3n) is 22.1. The Balaban J connectivity index is 0.990. The predicted molar refractivity (Wildman–Crippen MR) is 480 cm³/mol. The molecule has 3 aliphatic heterocycles. The van der Waals surface area contributed by atoms with Gasteiger partial charge in [-0.05, 0) is 181 Å². The SMILES string of the molecule is O=C(Nc1c(OP(=O)(Oc2cc(Cc3ccccc3)c(Cl)c(Cc3ccccc3)c2NC(=O)c2cccc(S(=O)(=O)N3CCCCC3)c2)Oc2cc(Cc3ccccc3)c(Cl)c(Cc3ccccc3)c2NC(=O)c2cccc(S(=O)(=O)N3CCCCC3)c2)cc(Cc2ccccc2)c(Cl)c1Cc1ccccc1)c1cccc(S(=O)(=O)N2CCCCC2)c1. The largest absolute Gasteiger partial charge is 0.647 e. The van der Waals surface area contributed by atoms with E-state index in [0.29, 0.717) is 71.9 Å². The summed E-state index contributed by atoms with van der Waals surface area (Å²) in [6, 6.07) is 77.3. The first-order valence-electron chi connectivity index (χ1n) is 40.7. The number of phosphoric acid groups is 1. The van der Waals surface area contributed by atoms with Crippen molar-refractivity contribution in [2.75, 3.05) is 55.2 Å². The van der Waals surface area contributed by atoms with Gasteiger partial charge in [0, 0.05) is 107 Å². The number of halogens is 3. The Morgan fingerprint density at radius 3 is 0.746 bits per heavy atom. The molecule has 0 atom stereocenters. The van der Waals surface area contributed by atoms with Crippen LogP contribution in [0.15, 0.2) is 288 Å². The fourth-order valence-corrected chi connectivity index (χ4v) is 22.5. The van der Waals surface area contributed by atoms with E-state index in [1.54, 1.807) is 0 Å². The Morgan fingerprint density at radius 2 is 0.516 bits per heavy atom. The van der Waals surface area contributed by atoms with Crippen LogP contribution in [0.3, 0.4) is 0 Å². The molecule has 0 spiro atoms. The van der Waals surface area contributed by atoms with Crippen molar-refractivity contribution >= 4 is 107 Å². The van der Waals surface area contributed by atoms with Gasteiger partial charge in [0.05, 0.1) is 31.7 Å². The van der Waals surface area contributed by atoms with E-state index < -0.39 is 55.6 Å². The molecule has 0 aliphatic carbocycles. The maximum atomic E-state index is 18.5. The third kappa shape index (κ3) is 20.5. The minimum Gasteiger partial charge on any atom is -0.384 e. The van der Waals surface area contributed by atoms with Gasteiger partial charge in [-0.3, -0.25) is 14.4 Å². The fourth-order valence-electron chi connectivity index (χ4n) is 15.7. The first-order valence-corrected chi connectivity index (χ1v) is 47.6. The van der Waals surface area contributed by atoms with Gasteiger partial charge >= 0.3 is 7.82 Å². The molecule has 26 heteroatoms. The average Bonchev–Trinajstić information content (AvgIpc) is 0.738. The Morgan fingerprint density at radius 1 is 0.295 bits per heavy atom. The highest BCUT2D eigenvalue weighted by atomic mass is 35.5. The number of rotatable bonds is 30. The summed E-state index contributed by atoms with van der Waals surface area (Å²) in [6.07, 6.45) is 6.75. The molecule has 3 saturated heterocycles. The summed E-state index contributed by atoms with van der Waals surface area (Å²) in [5, 5.41) is 9.66. The second-order valence-corrected chi connectivity index (χ2v) is 39.0. The zero-order valence-electron chi connectivity index (χ0n) is 66.8. The highest BCUT2D eigenvalue weighted by molar-refractivity contribution is 7.89. The number of amides is 3. The lowest BCUT2D eigenvalue weighted by Gasteiger charge is -2.28. The molecule has 626 valence electrons. The molecule has 0 saturated carbocycles. The Bertz CT molecular complexity index is 5640. The van der Waals surface area contributed by atoms with Gasteiger partial charge in [0.1, 0.15) is 0 Å². The summed E-state index contributed by atoms with van der Waals surface area (Å²) in [5.41, 5.74) is 5.44. The molecule has 3 heterocycles. The van der Waals surface area contributed by atoms with Gasteiger partial charge in [-0.2, -0.15) is 17.5 Å². The lowest BCUT2D eigenvalue weighted by Crippen LogP contribution is -2.35. The van der Waals surface area contributed by atoms with Crippen LogP contribution in [0.1, 0.15) is 156 Å². The van der Waals surface area contributed by atoms with Crippen LogP contribution in [-0.4, -0.2) is 95.2 Å². The maximum Gasteiger partial charge on any atom is 0.647 e. The average molecular weight is 1770 g/mol. The standard InChI is InChI=1S/C96H90Cl3N6O13PS3/c97-88-76(55-67-31-10-1-11-32-67)64-85(91(82(88)58-70-37-16-4-17-38-70)100-94(106)73-43-28-46-79(61-73)120(110,111)103-49-22-7-23-50-103)116-119(109,117-86-65-77(56-68-33-12-2-13-34-68)89(98)83(59-71-39-18-5-19-40-71)92(86)101-95(107)74-44-29-47-80(62-74)121(112,113)104-51-24-8-25-52-104)118-87-66-78(57-69-35-14-3-15-36-69)90(99)84(60-72-41-20-6-21-42-72)93(87)102-96(108)75-45-30-48-81(63-75)122(114,115)105-53-26-9-27-54-105/h1-6,10-21,28-48,61-66H,7-9,22-27,49-60H2,(H,100,106)(H,101,107)(H,102,108). The number of hydrogen-bond donors (Lipinski definition) is 3. The summed E-state index contributed by atoms with van der Waals surface area (Å²) < 4.78 is 132. The fraction of sp³-hybridized carbons (Fsp3) is 0.219. The van der Waals surface area contributed by atoms with Crippen molar-refractivity contribution in [2.24, 2.45) is 0 Å². The van der Waals surface area contributed by atoms with Crippen molar-refractivity contribution in [3.05, 3.63) is 372 Å². The van der Waals surface area contributed by atoms with E-state index in [0.717, 1.165) is 36.0 Å². The van der Waals surface area contributed by atoms with Crippen LogP contribution in [0.25, 0.3) is 0 Å². The first kappa shape index (κ1) is 86.2. The highest BCUT2D eigenvalue weighted by Crippen LogP contribution is 2.58. The highest BCUT2D eigenvalue weighted by Gasteiger charge is 2.41. The smallest absolute Gasteiger partial charge is 0.384 e. The summed E-state index contributed by atoms with van der Waals surface area (Å²) in [5.74, 6) is -3.66. The molecule has 0 aromatic heterocycles. The predicted octanol–water partition coefficient (Wildman–Crippen LogP) is 21.1. The molecule has 0 radical (unpaired) electrons. The quantitative estimate of drug-likeness (QED) is 0.0355. The number of piperidine rings is 3. The molecule has 3 fully saturated rings. The summed E-state index contributed by atoms with van der Waals surface area (Å²) in [7, 11) is -18.3. The van der Waals surface area contributed by atoms with Crippen molar-refractivity contribution in [1.29, 1.82) is 0 Å². The molecule has 3 N–H and O–H groups in total. The van der Waals surface area contributed by atoms with E-state index in [-0.39, 0.29) is 175 Å². The van der Waals surface area contributed by atoms with Crippen molar-refractivity contribution in [3.8, 4) is 17.2 Å². The molecular formula is C96H90Cl3N6O13PS3. The molecule has 122 heavy (non-hydrogen) atoms. The van der Waals surface area contributed by atoms with Gasteiger partial charge in [0.25, 0.3) is 17.7 Å². The van der Waals surface area contributed by atoms with Gasteiger partial charge in [-0.15, -0.1) is 0 Å². The molecule has 12 aromatic rings. The minimum absolute atomic E-state index is 0.0250. The topological polar surface area (TPSA) is 244 Å². The zero-order valence-corrected chi connectivity index (χ0v) is 72.4. The number of carbonyl (C=O) groups excluding carboxylic acids is 3. The number of benzene rings is 12. The van der Waals surface area contributed by atoms with Crippen molar-refractivity contribution in [3.63, 3.8) is 0 Å². The second kappa shape index (κ2) is 38.8. The monoisotopic (exact) mass is 1770 g/mol. The second-order valence-electron chi connectivity index (χ2n) is 30.6. The molecule has 3 amide bonds. The molecule has 12 aromatic carbocycles. The lowest BCUT2D eigenvalue weighted by molar-refractivity contribution is 0.101. The van der Waals surface area contributed by atoms with Crippen molar-refractivity contribution in [1.82, 2.24) is 12.9 Å². The van der Waals surface area contributed by atoms with Gasteiger partial charge in [0.15, 0.2) is 17.2 Å². The minimum atomic E-state index is -5.95. The van der Waals surface area contributed by atoms with E-state index in [1.807, 2.05) is 182 Å². The van der Waals surface area contributed by atoms with Crippen molar-refractivity contribution in [2.45, 2.75) is 111 Å². The van der Waals surface area contributed by atoms with E-state index in [1.165, 1.54) is 104 Å². The summed E-state index contributed by atoms with van der Waals surface area (Å²) in [6.45, 7) is 1.74. The lowest BCUT2D eigenvalue weighted by atomic mass is 9.96. The Labute approximate surface area is 727 Å². The molecular weight excluding hydrogens is 1680 g/mol. The number of carbonyl (C=O) groups is 3.